The van der Waals surface area contributed by atoms with E-state index in [1.165, 1.54) is 0 Å². The molecule has 0 saturated carbocycles. The molecule has 4 nitrogen and oxygen atoms in total. The molecule has 0 bridgehead atoms. The minimum atomic E-state index is -1.24. The first-order valence-corrected chi connectivity index (χ1v) is 10.2. The van der Waals surface area contributed by atoms with E-state index in [2.05, 4.69) is 30.1 Å². The number of benzene rings is 2. The molecular formula is C22H22N2O2S. The summed E-state index contributed by atoms with van der Waals surface area (Å²) in [7, 11) is 2.08. The molecule has 0 spiro atoms. The maximum absolute atomic E-state index is 13.1. The van der Waals surface area contributed by atoms with Gasteiger partial charge in [0.25, 0.3) is 0 Å². The molecule has 1 fully saturated rings. The Kier molecular flexibility index (Phi) is 3.86. The molecule has 138 valence electrons. The monoisotopic (exact) mass is 378 g/mol. The molecular weight excluding hydrogens is 356 g/mol. The quantitative estimate of drug-likeness (QED) is 0.744. The topological polar surface area (TPSA) is 43.8 Å². The first-order chi connectivity index (χ1) is 13.1. The number of hydrogen-bond donors (Lipinski definition) is 1. The van der Waals surface area contributed by atoms with E-state index in [1.807, 2.05) is 35.2 Å². The van der Waals surface area contributed by atoms with Crippen LogP contribution < -0.4 is 0 Å². The third kappa shape index (κ3) is 2.53. The second-order valence-electron chi connectivity index (χ2n) is 7.57. The van der Waals surface area contributed by atoms with Gasteiger partial charge in [0.05, 0.1) is 11.3 Å². The Morgan fingerprint density at radius 2 is 1.78 bits per heavy atom. The highest BCUT2D eigenvalue weighted by molar-refractivity contribution is 7.20. The van der Waals surface area contributed by atoms with Crippen molar-refractivity contribution in [2.75, 3.05) is 33.2 Å². The van der Waals surface area contributed by atoms with Crippen molar-refractivity contribution in [1.29, 1.82) is 0 Å². The summed E-state index contributed by atoms with van der Waals surface area (Å²) in [6.07, 6.45) is 0.105. The van der Waals surface area contributed by atoms with Gasteiger partial charge in [-0.15, -0.1) is 11.3 Å². The molecule has 0 unspecified atom stereocenters. The average Bonchev–Trinajstić information content (AvgIpc) is 3.18. The van der Waals surface area contributed by atoms with Crippen LogP contribution in [0, 0.1) is 0 Å². The Labute approximate surface area is 162 Å². The summed E-state index contributed by atoms with van der Waals surface area (Å²) in [4.78, 5) is 18.1. The van der Waals surface area contributed by atoms with E-state index in [9.17, 15) is 9.90 Å². The number of rotatable bonds is 2. The molecule has 2 heterocycles. The second-order valence-corrected chi connectivity index (χ2v) is 8.62. The lowest BCUT2D eigenvalue weighted by atomic mass is 9.91. The average molecular weight is 378 g/mol. The predicted molar refractivity (Wildman–Crippen MR) is 109 cm³/mol. The predicted octanol–water partition coefficient (Wildman–Crippen LogP) is 3.28. The molecule has 1 amide bonds. The minimum absolute atomic E-state index is 0.0331. The van der Waals surface area contributed by atoms with E-state index in [0.717, 1.165) is 57.8 Å². The van der Waals surface area contributed by atoms with Gasteiger partial charge in [-0.3, -0.25) is 4.79 Å². The van der Waals surface area contributed by atoms with E-state index in [0.29, 0.717) is 0 Å². The zero-order chi connectivity index (χ0) is 18.6. The van der Waals surface area contributed by atoms with Crippen molar-refractivity contribution in [3.63, 3.8) is 0 Å². The van der Waals surface area contributed by atoms with Crippen LogP contribution in [0.25, 0.3) is 21.2 Å². The van der Waals surface area contributed by atoms with Gasteiger partial charge < -0.3 is 14.9 Å². The van der Waals surface area contributed by atoms with Crippen molar-refractivity contribution in [3.05, 3.63) is 59.0 Å². The van der Waals surface area contributed by atoms with Gasteiger partial charge in [0.15, 0.2) is 0 Å². The Hall–Kier alpha value is -2.21. The van der Waals surface area contributed by atoms with Crippen LogP contribution in [0.3, 0.4) is 0 Å². The minimum Gasteiger partial charge on any atom is -0.379 e. The summed E-state index contributed by atoms with van der Waals surface area (Å²) < 4.78 is 1.16. The van der Waals surface area contributed by atoms with Crippen LogP contribution in [0.2, 0.25) is 0 Å². The SMILES string of the molecule is CN1CCN(C(=O)C[C@]2(O)c3ccccc3-c3c2sc2ccccc32)CC1. The van der Waals surface area contributed by atoms with Gasteiger partial charge in [-0.25, -0.2) is 0 Å². The molecule has 1 N–H and O–H groups in total. The van der Waals surface area contributed by atoms with Crippen molar-refractivity contribution in [1.82, 2.24) is 9.80 Å². The molecule has 1 atom stereocenters. The van der Waals surface area contributed by atoms with Gasteiger partial charge in [0, 0.05) is 41.8 Å². The highest BCUT2D eigenvalue weighted by Crippen LogP contribution is 2.55. The standard InChI is InChI=1S/C22H22N2O2S/c1-23-10-12-24(13-11-23)19(25)14-22(26)17-8-4-2-6-15(17)20-16-7-3-5-9-18(16)27-21(20)22/h2-9,26H,10-14H2,1H3/t22-/m0/s1. The summed E-state index contributed by atoms with van der Waals surface area (Å²) in [6.45, 7) is 3.22. The smallest absolute Gasteiger partial charge is 0.226 e. The van der Waals surface area contributed by atoms with E-state index < -0.39 is 5.60 Å². The van der Waals surface area contributed by atoms with Crippen LogP contribution in [-0.2, 0) is 10.4 Å². The summed E-state index contributed by atoms with van der Waals surface area (Å²) in [5.41, 5.74) is 1.77. The number of carbonyl (C=O) groups excluding carboxylic acids is 1. The summed E-state index contributed by atoms with van der Waals surface area (Å²) in [6, 6.07) is 16.2. The Balaban J connectivity index is 1.59. The number of thiophene rings is 1. The fraction of sp³-hybridized carbons (Fsp3) is 0.318. The molecule has 5 rings (SSSR count). The zero-order valence-electron chi connectivity index (χ0n) is 15.3. The van der Waals surface area contributed by atoms with Gasteiger partial charge in [-0.2, -0.15) is 0 Å². The highest BCUT2D eigenvalue weighted by atomic mass is 32.1. The number of hydrogen-bond acceptors (Lipinski definition) is 4. The normalized spacial score (nSPS) is 22.1. The van der Waals surface area contributed by atoms with Gasteiger partial charge in [0.1, 0.15) is 5.60 Å². The van der Waals surface area contributed by atoms with Crippen LogP contribution >= 0.6 is 11.3 Å². The van der Waals surface area contributed by atoms with Crippen LogP contribution in [0.15, 0.2) is 48.5 Å². The van der Waals surface area contributed by atoms with Crippen molar-refractivity contribution < 1.29 is 9.90 Å². The number of likely N-dealkylation sites (N-methyl/N-ethyl adjacent to an activating group) is 1. The van der Waals surface area contributed by atoms with Crippen LogP contribution in [0.5, 0.6) is 0 Å². The number of carbonyl (C=O) groups is 1. The molecule has 1 saturated heterocycles. The Morgan fingerprint density at radius 1 is 1.07 bits per heavy atom. The van der Waals surface area contributed by atoms with Crippen molar-refractivity contribution in [3.8, 4) is 11.1 Å². The number of amides is 1. The summed E-state index contributed by atoms with van der Waals surface area (Å²) >= 11 is 1.61. The van der Waals surface area contributed by atoms with Crippen molar-refractivity contribution in [2.24, 2.45) is 0 Å². The van der Waals surface area contributed by atoms with Crippen LogP contribution in [-0.4, -0.2) is 54.0 Å². The molecule has 5 heteroatoms. The Bertz CT molecular complexity index is 1040. The molecule has 3 aromatic rings. The van der Waals surface area contributed by atoms with Gasteiger partial charge in [-0.05, 0) is 24.2 Å². The maximum atomic E-state index is 13.1. The fourth-order valence-electron chi connectivity index (χ4n) is 4.35. The summed E-state index contributed by atoms with van der Waals surface area (Å²) in [5.74, 6) is 0.0331. The number of nitrogens with zero attached hydrogens (tertiary/aromatic N) is 2. The third-order valence-corrected chi connectivity index (χ3v) is 7.20. The molecule has 2 aliphatic rings. The summed E-state index contributed by atoms with van der Waals surface area (Å²) in [5, 5.41) is 13.0. The first-order valence-electron chi connectivity index (χ1n) is 9.38. The lowest BCUT2D eigenvalue weighted by Crippen LogP contribution is -2.48. The lowest BCUT2D eigenvalue weighted by Gasteiger charge is -2.34. The van der Waals surface area contributed by atoms with Gasteiger partial charge >= 0.3 is 0 Å². The zero-order valence-corrected chi connectivity index (χ0v) is 16.1. The molecule has 1 aromatic heterocycles. The van der Waals surface area contributed by atoms with Gasteiger partial charge in [0.2, 0.25) is 5.91 Å². The van der Waals surface area contributed by atoms with Crippen LogP contribution in [0.4, 0.5) is 0 Å². The largest absolute Gasteiger partial charge is 0.379 e. The Morgan fingerprint density at radius 3 is 2.59 bits per heavy atom. The van der Waals surface area contributed by atoms with E-state index >= 15 is 0 Å². The van der Waals surface area contributed by atoms with Crippen molar-refractivity contribution in [2.45, 2.75) is 12.0 Å². The lowest BCUT2D eigenvalue weighted by molar-refractivity contribution is -0.136. The van der Waals surface area contributed by atoms with Crippen molar-refractivity contribution >= 4 is 27.3 Å². The molecule has 1 aliphatic heterocycles. The third-order valence-electron chi connectivity index (χ3n) is 5.88. The van der Waals surface area contributed by atoms with Crippen LogP contribution in [0.1, 0.15) is 16.9 Å². The molecule has 0 radical (unpaired) electrons. The number of piperazine rings is 1. The molecule has 1 aliphatic carbocycles. The van der Waals surface area contributed by atoms with Gasteiger partial charge in [-0.1, -0.05) is 42.5 Å². The number of aliphatic hydroxyl groups is 1. The van der Waals surface area contributed by atoms with E-state index in [1.54, 1.807) is 11.3 Å². The second kappa shape index (κ2) is 6.16. The molecule has 27 heavy (non-hydrogen) atoms. The highest BCUT2D eigenvalue weighted by Gasteiger charge is 2.46. The number of fused-ring (bicyclic) bond motifs is 5. The fourth-order valence-corrected chi connectivity index (χ4v) is 5.67. The molecule has 2 aromatic carbocycles. The van der Waals surface area contributed by atoms with E-state index in [-0.39, 0.29) is 12.3 Å². The first kappa shape index (κ1) is 16.9. The maximum Gasteiger partial charge on any atom is 0.226 e. The van der Waals surface area contributed by atoms with E-state index in [4.69, 9.17) is 0 Å².